The summed E-state index contributed by atoms with van der Waals surface area (Å²) in [6.45, 7) is 3.73. The van der Waals surface area contributed by atoms with E-state index in [0.717, 1.165) is 25.7 Å². The zero-order valence-corrected chi connectivity index (χ0v) is 9.55. The molecule has 0 saturated heterocycles. The Morgan fingerprint density at radius 1 is 1.36 bits per heavy atom. The molecule has 0 heterocycles. The zero-order chi connectivity index (χ0) is 10.7. The summed E-state index contributed by atoms with van der Waals surface area (Å²) in [5.74, 6) is -0.231. The second-order valence-corrected chi connectivity index (χ2v) is 6.22. The van der Waals surface area contributed by atoms with Gasteiger partial charge in [-0.25, -0.2) is 0 Å². The van der Waals surface area contributed by atoms with Crippen molar-refractivity contribution in [1.29, 1.82) is 0 Å². The predicted molar refractivity (Wildman–Crippen MR) is 56.7 cm³/mol. The summed E-state index contributed by atoms with van der Waals surface area (Å²) in [4.78, 5) is 10.7. The van der Waals surface area contributed by atoms with Crippen molar-refractivity contribution in [3.63, 3.8) is 0 Å². The number of rotatable bonds is 3. The van der Waals surface area contributed by atoms with E-state index in [1.807, 2.05) is 0 Å². The summed E-state index contributed by atoms with van der Waals surface area (Å²) >= 11 is 0. The molecular formula is C10H18O3S. The van der Waals surface area contributed by atoms with Crippen LogP contribution in [0.5, 0.6) is 0 Å². The molecule has 1 saturated carbocycles. The molecule has 0 bridgehead atoms. The molecule has 0 radical (unpaired) electrons. The third-order valence-electron chi connectivity index (χ3n) is 2.99. The van der Waals surface area contributed by atoms with Gasteiger partial charge in [-0.1, -0.05) is 6.92 Å². The molecule has 82 valence electrons. The molecule has 0 aromatic carbocycles. The van der Waals surface area contributed by atoms with E-state index in [1.165, 1.54) is 6.92 Å². The first-order valence-electron chi connectivity index (χ1n) is 5.14. The van der Waals surface area contributed by atoms with E-state index in [9.17, 15) is 9.00 Å². The molecule has 1 aliphatic carbocycles. The standard InChI is InChI=1S/C10H18O3S/c1-7-3-5-9(6-4-7)14(13)8(2)10(11)12/h7-9H,3-6H2,1-2H3,(H,11,12). The smallest absolute Gasteiger partial charge is 0.318 e. The lowest BCUT2D eigenvalue weighted by Gasteiger charge is -2.26. The minimum Gasteiger partial charge on any atom is -0.480 e. The first kappa shape index (κ1) is 11.7. The molecule has 0 amide bonds. The van der Waals surface area contributed by atoms with Crippen molar-refractivity contribution in [1.82, 2.24) is 0 Å². The Bertz CT molecular complexity index is 232. The molecule has 0 aliphatic heterocycles. The van der Waals surface area contributed by atoms with Gasteiger partial charge in [0, 0.05) is 16.0 Å². The van der Waals surface area contributed by atoms with Crippen LogP contribution in [0.3, 0.4) is 0 Å². The Morgan fingerprint density at radius 3 is 2.29 bits per heavy atom. The topological polar surface area (TPSA) is 54.4 Å². The number of aliphatic carboxylic acids is 1. The summed E-state index contributed by atoms with van der Waals surface area (Å²) in [5, 5.41) is 8.14. The van der Waals surface area contributed by atoms with Gasteiger partial charge in [0.05, 0.1) is 0 Å². The molecule has 1 rings (SSSR count). The van der Waals surface area contributed by atoms with Crippen LogP contribution >= 0.6 is 0 Å². The van der Waals surface area contributed by atoms with Gasteiger partial charge in [0.1, 0.15) is 5.25 Å². The van der Waals surface area contributed by atoms with Crippen molar-refractivity contribution in [2.75, 3.05) is 0 Å². The molecule has 2 atom stereocenters. The van der Waals surface area contributed by atoms with Gasteiger partial charge < -0.3 is 5.11 Å². The summed E-state index contributed by atoms with van der Waals surface area (Å²) in [6, 6.07) is 0. The van der Waals surface area contributed by atoms with Gasteiger partial charge in [-0.3, -0.25) is 9.00 Å². The highest BCUT2D eigenvalue weighted by Crippen LogP contribution is 2.28. The highest BCUT2D eigenvalue weighted by molar-refractivity contribution is 7.87. The molecule has 1 N–H and O–H groups in total. The minimum absolute atomic E-state index is 0.109. The minimum atomic E-state index is -1.20. The molecule has 4 heteroatoms. The molecule has 0 aromatic rings. The lowest BCUT2D eigenvalue weighted by molar-refractivity contribution is -0.136. The van der Waals surface area contributed by atoms with Crippen LogP contribution < -0.4 is 0 Å². The Hall–Kier alpha value is -0.380. The molecule has 1 aliphatic rings. The normalized spacial score (nSPS) is 32.1. The summed E-state index contributed by atoms with van der Waals surface area (Å²) < 4.78 is 11.8. The Kier molecular flexibility index (Phi) is 4.11. The summed E-state index contributed by atoms with van der Waals surface area (Å²) in [7, 11) is -1.20. The SMILES string of the molecule is CC1CCC(S(=O)C(C)C(=O)O)CC1. The maximum Gasteiger partial charge on any atom is 0.318 e. The Balaban J connectivity index is 2.49. The Labute approximate surface area is 87.3 Å². The maximum absolute atomic E-state index is 11.8. The van der Waals surface area contributed by atoms with Crippen LogP contribution in [0.15, 0.2) is 0 Å². The molecule has 1 fully saturated rings. The lowest BCUT2D eigenvalue weighted by Crippen LogP contribution is -2.32. The fourth-order valence-electron chi connectivity index (χ4n) is 1.85. The van der Waals surface area contributed by atoms with E-state index in [0.29, 0.717) is 5.92 Å². The lowest BCUT2D eigenvalue weighted by atomic mass is 9.91. The van der Waals surface area contributed by atoms with Gasteiger partial charge in [0.15, 0.2) is 0 Å². The molecule has 0 spiro atoms. The van der Waals surface area contributed by atoms with Crippen LogP contribution in [-0.4, -0.2) is 25.8 Å². The highest BCUT2D eigenvalue weighted by atomic mass is 32.2. The number of hydrogen-bond donors (Lipinski definition) is 1. The first-order valence-corrected chi connectivity index (χ1v) is 6.42. The summed E-state index contributed by atoms with van der Waals surface area (Å²) in [6.07, 6.45) is 4.02. The number of carboxylic acid groups (broad SMARTS) is 1. The van der Waals surface area contributed by atoms with Crippen LogP contribution in [-0.2, 0) is 15.6 Å². The van der Waals surface area contributed by atoms with Crippen LogP contribution in [0.2, 0.25) is 0 Å². The van der Waals surface area contributed by atoms with E-state index >= 15 is 0 Å². The molecular weight excluding hydrogens is 200 g/mol. The van der Waals surface area contributed by atoms with Gasteiger partial charge in [0.25, 0.3) is 0 Å². The van der Waals surface area contributed by atoms with Crippen molar-refractivity contribution in [3.05, 3.63) is 0 Å². The van der Waals surface area contributed by atoms with Gasteiger partial charge in [-0.2, -0.15) is 0 Å². The van der Waals surface area contributed by atoms with E-state index in [4.69, 9.17) is 5.11 Å². The number of carboxylic acids is 1. The fraction of sp³-hybridized carbons (Fsp3) is 0.900. The molecule has 14 heavy (non-hydrogen) atoms. The van der Waals surface area contributed by atoms with E-state index in [2.05, 4.69) is 6.92 Å². The van der Waals surface area contributed by atoms with Gasteiger partial charge >= 0.3 is 5.97 Å². The van der Waals surface area contributed by atoms with E-state index < -0.39 is 22.0 Å². The molecule has 2 unspecified atom stereocenters. The largest absolute Gasteiger partial charge is 0.480 e. The average molecular weight is 218 g/mol. The van der Waals surface area contributed by atoms with Crippen molar-refractivity contribution < 1.29 is 14.1 Å². The van der Waals surface area contributed by atoms with Gasteiger partial charge in [0.2, 0.25) is 0 Å². The molecule has 3 nitrogen and oxygen atoms in total. The van der Waals surface area contributed by atoms with Crippen molar-refractivity contribution in [3.8, 4) is 0 Å². The third-order valence-corrected chi connectivity index (χ3v) is 5.01. The highest BCUT2D eigenvalue weighted by Gasteiger charge is 2.29. The van der Waals surface area contributed by atoms with Crippen molar-refractivity contribution in [2.24, 2.45) is 5.92 Å². The third kappa shape index (κ3) is 2.80. The Morgan fingerprint density at radius 2 is 1.86 bits per heavy atom. The van der Waals surface area contributed by atoms with Crippen molar-refractivity contribution >= 4 is 16.8 Å². The predicted octanol–water partition coefficient (Wildman–Crippen LogP) is 1.79. The second kappa shape index (κ2) is 4.91. The second-order valence-electron chi connectivity index (χ2n) is 4.19. The monoisotopic (exact) mass is 218 g/mol. The maximum atomic E-state index is 11.8. The zero-order valence-electron chi connectivity index (χ0n) is 8.73. The quantitative estimate of drug-likeness (QED) is 0.785. The number of hydrogen-bond acceptors (Lipinski definition) is 2. The van der Waals surface area contributed by atoms with Gasteiger partial charge in [-0.15, -0.1) is 0 Å². The van der Waals surface area contributed by atoms with E-state index in [1.54, 1.807) is 0 Å². The van der Waals surface area contributed by atoms with E-state index in [-0.39, 0.29) is 5.25 Å². The fourth-order valence-corrected chi connectivity index (χ4v) is 3.36. The van der Waals surface area contributed by atoms with Crippen molar-refractivity contribution in [2.45, 2.75) is 50.0 Å². The average Bonchev–Trinajstić information content (AvgIpc) is 2.16. The molecule has 0 aromatic heterocycles. The van der Waals surface area contributed by atoms with Crippen LogP contribution in [0, 0.1) is 5.92 Å². The van der Waals surface area contributed by atoms with Crippen LogP contribution in [0.4, 0.5) is 0 Å². The van der Waals surface area contributed by atoms with Crippen LogP contribution in [0.25, 0.3) is 0 Å². The first-order chi connectivity index (χ1) is 6.52. The summed E-state index contributed by atoms with van der Waals surface area (Å²) in [5.41, 5.74) is 0. The van der Waals surface area contributed by atoms with Crippen LogP contribution in [0.1, 0.15) is 39.5 Å². The number of carbonyl (C=O) groups is 1. The van der Waals surface area contributed by atoms with Gasteiger partial charge in [-0.05, 0) is 38.5 Å².